The van der Waals surface area contributed by atoms with E-state index in [1.54, 1.807) is 0 Å². The highest BCUT2D eigenvalue weighted by Crippen LogP contribution is 2.27. The molecule has 2 aliphatic rings. The number of aliphatic carboxylic acids is 1. The number of rotatable bonds is 6. The van der Waals surface area contributed by atoms with Crippen LogP contribution in [0.3, 0.4) is 0 Å². The fraction of sp³-hybridized carbons (Fsp3) is 0.500. The molecule has 2 aliphatic heterocycles. The Bertz CT molecular complexity index is 928. The molecule has 3 heterocycles. The first-order chi connectivity index (χ1) is 14.6. The Morgan fingerprint density at radius 3 is 2.63 bits per heavy atom. The number of benzene rings is 1. The average molecular weight is 432 g/mol. The molecule has 1 N–H and O–H groups in total. The Labute approximate surface area is 179 Å². The molecule has 1 amide bonds. The number of carbonyl (C=O) groups excluding carboxylic acids is 1. The predicted molar refractivity (Wildman–Crippen MR) is 112 cm³/mol. The number of hydrogen-bond donors (Lipinski definition) is 1. The fourth-order valence-electron chi connectivity index (χ4n) is 3.88. The van der Waals surface area contributed by atoms with Crippen LogP contribution in [0, 0.1) is 0 Å². The second-order valence-corrected chi connectivity index (χ2v) is 8.21. The van der Waals surface area contributed by atoms with Crippen molar-refractivity contribution in [3.05, 3.63) is 35.4 Å². The summed E-state index contributed by atoms with van der Waals surface area (Å²) in [5.41, 5.74) is 1.99. The molecule has 160 valence electrons. The van der Waals surface area contributed by atoms with Gasteiger partial charge in [0.05, 0.1) is 19.0 Å². The van der Waals surface area contributed by atoms with E-state index in [0.717, 1.165) is 30.2 Å². The van der Waals surface area contributed by atoms with Gasteiger partial charge in [0.1, 0.15) is 6.04 Å². The first kappa shape index (κ1) is 20.7. The van der Waals surface area contributed by atoms with E-state index in [2.05, 4.69) is 15.1 Å². The molecule has 1 unspecified atom stereocenters. The maximum absolute atomic E-state index is 13.0. The summed E-state index contributed by atoms with van der Waals surface area (Å²) in [6.07, 6.45) is 0.328. The Kier molecular flexibility index (Phi) is 6.24. The molecule has 1 aromatic heterocycles. The largest absolute Gasteiger partial charge is 0.480 e. The van der Waals surface area contributed by atoms with E-state index in [0.29, 0.717) is 37.9 Å². The average Bonchev–Trinajstić information content (AvgIpc) is 3.20. The van der Waals surface area contributed by atoms with Gasteiger partial charge < -0.3 is 19.6 Å². The van der Waals surface area contributed by atoms with E-state index in [1.165, 1.54) is 16.7 Å². The van der Waals surface area contributed by atoms with Gasteiger partial charge in [-0.2, -0.15) is 0 Å². The summed E-state index contributed by atoms with van der Waals surface area (Å²) in [4.78, 5) is 28.3. The van der Waals surface area contributed by atoms with E-state index in [9.17, 15) is 14.7 Å². The van der Waals surface area contributed by atoms with Crippen LogP contribution in [-0.2, 0) is 33.8 Å². The Hall–Kier alpha value is -2.59. The normalized spacial score (nSPS) is 18.9. The smallest absolute Gasteiger partial charge is 0.326 e. The first-order valence-corrected chi connectivity index (χ1v) is 11.0. The maximum Gasteiger partial charge on any atom is 0.326 e. The maximum atomic E-state index is 13.0. The van der Waals surface area contributed by atoms with Gasteiger partial charge in [0.15, 0.2) is 5.16 Å². The molecule has 1 saturated heterocycles. The van der Waals surface area contributed by atoms with Crippen LogP contribution in [0.1, 0.15) is 18.1 Å². The summed E-state index contributed by atoms with van der Waals surface area (Å²) in [5, 5.41) is 18.9. The van der Waals surface area contributed by atoms with Crippen LogP contribution >= 0.6 is 11.8 Å². The second kappa shape index (κ2) is 9.05. The van der Waals surface area contributed by atoms with Gasteiger partial charge in [0.25, 0.3) is 0 Å². The Balaban J connectivity index is 1.46. The minimum Gasteiger partial charge on any atom is -0.480 e. The summed E-state index contributed by atoms with van der Waals surface area (Å²) in [5.74, 6) is -0.284. The lowest BCUT2D eigenvalue weighted by molar-refractivity contribution is -0.150. The highest BCUT2D eigenvalue weighted by Gasteiger charge is 2.34. The molecule has 10 heteroatoms. The molecule has 1 aromatic carbocycles. The van der Waals surface area contributed by atoms with E-state index >= 15 is 0 Å². The number of carbonyl (C=O) groups is 2. The van der Waals surface area contributed by atoms with Gasteiger partial charge in [-0.15, -0.1) is 10.2 Å². The summed E-state index contributed by atoms with van der Waals surface area (Å²) >= 11 is 1.30. The highest BCUT2D eigenvalue weighted by atomic mass is 32.2. The van der Waals surface area contributed by atoms with E-state index in [4.69, 9.17) is 4.74 Å². The molecule has 9 nitrogen and oxygen atoms in total. The number of hydrogen-bond acceptors (Lipinski definition) is 7. The third-order valence-electron chi connectivity index (χ3n) is 5.49. The number of anilines is 1. The summed E-state index contributed by atoms with van der Waals surface area (Å²) in [7, 11) is 0. The van der Waals surface area contributed by atoms with Crippen molar-refractivity contribution in [3.8, 4) is 0 Å². The zero-order chi connectivity index (χ0) is 21.1. The van der Waals surface area contributed by atoms with E-state index in [1.807, 2.05) is 35.8 Å². The molecule has 1 fully saturated rings. The van der Waals surface area contributed by atoms with Crippen LogP contribution in [0.15, 0.2) is 29.4 Å². The zero-order valence-corrected chi connectivity index (χ0v) is 17.7. The van der Waals surface area contributed by atoms with E-state index in [-0.39, 0.29) is 11.7 Å². The number of amides is 1. The lowest BCUT2D eigenvalue weighted by Gasteiger charge is -2.34. The first-order valence-electron chi connectivity index (χ1n) is 10.1. The van der Waals surface area contributed by atoms with Crippen molar-refractivity contribution in [2.24, 2.45) is 0 Å². The number of aromatic nitrogens is 3. The van der Waals surface area contributed by atoms with Crippen molar-refractivity contribution in [1.29, 1.82) is 0 Å². The molecule has 0 bridgehead atoms. The quantitative estimate of drug-likeness (QED) is 0.683. The molecule has 0 saturated carbocycles. The van der Waals surface area contributed by atoms with Crippen molar-refractivity contribution in [2.75, 3.05) is 37.0 Å². The van der Waals surface area contributed by atoms with Crippen molar-refractivity contribution in [1.82, 2.24) is 19.7 Å². The molecule has 0 aliphatic carbocycles. The fourth-order valence-corrected chi connectivity index (χ4v) is 4.76. The van der Waals surface area contributed by atoms with Crippen molar-refractivity contribution >= 4 is 29.6 Å². The summed E-state index contributed by atoms with van der Waals surface area (Å²) in [6, 6.07) is 6.84. The number of carboxylic acid groups (broad SMARTS) is 1. The monoisotopic (exact) mass is 431 g/mol. The number of carboxylic acids is 1. The topological polar surface area (TPSA) is 101 Å². The highest BCUT2D eigenvalue weighted by molar-refractivity contribution is 7.99. The van der Waals surface area contributed by atoms with Crippen molar-refractivity contribution in [2.45, 2.75) is 37.6 Å². The number of thioether (sulfide) groups is 1. The molecular formula is C20H25N5O4S. The molecule has 30 heavy (non-hydrogen) atoms. The lowest BCUT2D eigenvalue weighted by Crippen LogP contribution is -2.49. The molecule has 0 spiro atoms. The van der Waals surface area contributed by atoms with E-state index < -0.39 is 12.0 Å². The minimum absolute atomic E-state index is 0.118. The number of ether oxygens (including phenoxy) is 1. The molecular weight excluding hydrogens is 406 g/mol. The summed E-state index contributed by atoms with van der Waals surface area (Å²) < 4.78 is 7.39. The van der Waals surface area contributed by atoms with Crippen molar-refractivity contribution in [3.63, 3.8) is 0 Å². The van der Waals surface area contributed by atoms with Gasteiger partial charge in [-0.25, -0.2) is 4.79 Å². The SMILES string of the molecule is CCn1c(SCC(=O)N2Cc3ccccc3CC2C(=O)O)nnc1N1CCOCC1. The molecule has 0 radical (unpaired) electrons. The van der Waals surface area contributed by atoms with Gasteiger partial charge in [-0.1, -0.05) is 36.0 Å². The van der Waals surface area contributed by atoms with Gasteiger partial charge in [-0.05, 0) is 18.1 Å². The molecule has 1 atom stereocenters. The zero-order valence-electron chi connectivity index (χ0n) is 16.9. The second-order valence-electron chi connectivity index (χ2n) is 7.26. The third-order valence-corrected chi connectivity index (χ3v) is 6.44. The number of nitrogens with zero attached hydrogens (tertiary/aromatic N) is 5. The number of morpholine rings is 1. The van der Waals surface area contributed by atoms with Crippen LogP contribution in [-0.4, -0.2) is 74.7 Å². The van der Waals surface area contributed by atoms with Crippen LogP contribution in [0.5, 0.6) is 0 Å². The van der Waals surface area contributed by atoms with Gasteiger partial charge in [0.2, 0.25) is 11.9 Å². The van der Waals surface area contributed by atoms with Gasteiger partial charge >= 0.3 is 5.97 Å². The van der Waals surface area contributed by atoms with Gasteiger partial charge in [-0.3, -0.25) is 9.36 Å². The van der Waals surface area contributed by atoms with Crippen LogP contribution < -0.4 is 4.90 Å². The third kappa shape index (κ3) is 4.15. The van der Waals surface area contributed by atoms with Crippen LogP contribution in [0.4, 0.5) is 5.95 Å². The molecule has 2 aromatic rings. The lowest BCUT2D eigenvalue weighted by atomic mass is 9.94. The Morgan fingerprint density at radius 1 is 1.20 bits per heavy atom. The van der Waals surface area contributed by atoms with Crippen molar-refractivity contribution < 1.29 is 19.4 Å². The van der Waals surface area contributed by atoms with Crippen LogP contribution in [0.25, 0.3) is 0 Å². The Morgan fingerprint density at radius 2 is 1.93 bits per heavy atom. The standard InChI is InChI=1S/C20H25N5O4S/c1-2-24-19(23-7-9-29-10-8-23)21-22-20(24)30-13-17(26)25-12-15-6-4-3-5-14(15)11-16(25)18(27)28/h3-6,16H,2,7-13H2,1H3,(H,27,28). The van der Waals surface area contributed by atoms with Crippen LogP contribution in [0.2, 0.25) is 0 Å². The minimum atomic E-state index is -0.978. The number of fused-ring (bicyclic) bond motifs is 1. The summed E-state index contributed by atoms with van der Waals surface area (Å²) in [6.45, 7) is 5.85. The van der Waals surface area contributed by atoms with Gasteiger partial charge in [0, 0.05) is 32.6 Å². The predicted octanol–water partition coefficient (Wildman–Crippen LogP) is 1.26. The molecule has 4 rings (SSSR count).